The van der Waals surface area contributed by atoms with Crippen molar-refractivity contribution in [1.82, 2.24) is 9.88 Å². The zero-order chi connectivity index (χ0) is 20.5. The number of carbonyl (C=O) groups is 1. The highest BCUT2D eigenvalue weighted by Crippen LogP contribution is 2.33. The van der Waals surface area contributed by atoms with E-state index in [2.05, 4.69) is 4.98 Å². The average Bonchev–Trinajstić information content (AvgIpc) is 2.98. The standard InChI is InChI=1S/C16H19ClF3N3O3S2/c17-13-7-11(16(18,19)20)8-21-15(13)23-4-2-22(3-5-23)14(24)9-27-12-1-6-28(25,26)10-12/h7-8,12H,1-6,9-10H2. The van der Waals surface area contributed by atoms with Crippen molar-refractivity contribution >= 4 is 44.9 Å². The highest BCUT2D eigenvalue weighted by atomic mass is 35.5. The summed E-state index contributed by atoms with van der Waals surface area (Å²) in [6.45, 7) is 1.63. The van der Waals surface area contributed by atoms with Crippen molar-refractivity contribution in [3.05, 3.63) is 22.8 Å². The summed E-state index contributed by atoms with van der Waals surface area (Å²) in [6, 6.07) is 0.855. The third-order valence-corrected chi connectivity index (χ3v) is 8.26. The largest absolute Gasteiger partial charge is 0.417 e. The SMILES string of the molecule is O=C(CSC1CCS(=O)(=O)C1)N1CCN(c2ncc(C(F)(F)F)cc2Cl)CC1. The van der Waals surface area contributed by atoms with Gasteiger partial charge in [0.05, 0.1) is 27.8 Å². The van der Waals surface area contributed by atoms with Gasteiger partial charge in [0.25, 0.3) is 0 Å². The smallest absolute Gasteiger partial charge is 0.352 e. The second kappa shape index (κ2) is 8.27. The molecule has 1 amide bonds. The third-order valence-electron chi connectivity index (χ3n) is 4.71. The Kier molecular flexibility index (Phi) is 6.35. The van der Waals surface area contributed by atoms with Crippen LogP contribution in [0.4, 0.5) is 19.0 Å². The van der Waals surface area contributed by atoms with Crippen molar-refractivity contribution < 1.29 is 26.4 Å². The maximum atomic E-state index is 12.7. The predicted molar refractivity (Wildman–Crippen MR) is 103 cm³/mol. The fourth-order valence-electron chi connectivity index (χ4n) is 3.16. The minimum atomic E-state index is -4.50. The van der Waals surface area contributed by atoms with Gasteiger partial charge in [-0.05, 0) is 12.5 Å². The van der Waals surface area contributed by atoms with Crippen LogP contribution in [0.15, 0.2) is 12.3 Å². The molecule has 2 aliphatic rings. The Labute approximate surface area is 170 Å². The zero-order valence-corrected chi connectivity index (χ0v) is 17.2. The number of rotatable bonds is 4. The van der Waals surface area contributed by atoms with Crippen molar-refractivity contribution in [2.75, 3.05) is 48.3 Å². The molecule has 0 N–H and O–H groups in total. The predicted octanol–water partition coefficient (Wildman–Crippen LogP) is 2.32. The van der Waals surface area contributed by atoms with Gasteiger partial charge in [-0.25, -0.2) is 13.4 Å². The fourth-order valence-corrected chi connectivity index (χ4v) is 6.99. The van der Waals surface area contributed by atoms with E-state index in [1.54, 1.807) is 9.80 Å². The van der Waals surface area contributed by atoms with Gasteiger partial charge in [0.15, 0.2) is 9.84 Å². The summed E-state index contributed by atoms with van der Waals surface area (Å²) in [4.78, 5) is 19.6. The number of hydrogen-bond donors (Lipinski definition) is 0. The molecule has 0 spiro atoms. The highest BCUT2D eigenvalue weighted by molar-refractivity contribution is 8.02. The Balaban J connectivity index is 1.51. The molecule has 0 radical (unpaired) electrons. The number of aromatic nitrogens is 1. The number of pyridine rings is 1. The summed E-state index contributed by atoms with van der Waals surface area (Å²) in [6.07, 6.45) is -3.17. The van der Waals surface area contributed by atoms with Gasteiger partial charge in [0.2, 0.25) is 5.91 Å². The first-order chi connectivity index (χ1) is 13.0. The van der Waals surface area contributed by atoms with Gasteiger partial charge in [-0.15, -0.1) is 11.8 Å². The summed E-state index contributed by atoms with van der Waals surface area (Å²) in [7, 11) is -2.96. The van der Waals surface area contributed by atoms with E-state index in [1.165, 1.54) is 11.8 Å². The molecule has 1 unspecified atom stereocenters. The highest BCUT2D eigenvalue weighted by Gasteiger charge is 2.33. The molecule has 1 aromatic rings. The molecule has 1 aromatic heterocycles. The monoisotopic (exact) mass is 457 g/mol. The van der Waals surface area contributed by atoms with Gasteiger partial charge in [0, 0.05) is 37.6 Å². The van der Waals surface area contributed by atoms with Crippen LogP contribution in [-0.2, 0) is 20.8 Å². The van der Waals surface area contributed by atoms with Crippen LogP contribution in [0.2, 0.25) is 5.02 Å². The second-order valence-electron chi connectivity index (χ2n) is 6.73. The summed E-state index contributed by atoms with van der Waals surface area (Å²) in [5.41, 5.74) is -0.902. The molecule has 3 heterocycles. The molecule has 156 valence electrons. The van der Waals surface area contributed by atoms with E-state index in [1.807, 2.05) is 0 Å². The molecular weight excluding hydrogens is 439 g/mol. The molecule has 2 aliphatic heterocycles. The van der Waals surface area contributed by atoms with Gasteiger partial charge in [-0.2, -0.15) is 13.2 Å². The average molecular weight is 458 g/mol. The van der Waals surface area contributed by atoms with Crippen LogP contribution < -0.4 is 4.90 Å². The zero-order valence-electron chi connectivity index (χ0n) is 14.8. The number of thioether (sulfide) groups is 1. The van der Waals surface area contributed by atoms with E-state index < -0.39 is 21.6 Å². The Morgan fingerprint density at radius 2 is 1.96 bits per heavy atom. The molecule has 3 rings (SSSR count). The first-order valence-corrected chi connectivity index (χ1v) is 11.9. The van der Waals surface area contributed by atoms with Gasteiger partial charge < -0.3 is 9.80 Å². The Morgan fingerprint density at radius 3 is 2.50 bits per heavy atom. The second-order valence-corrected chi connectivity index (χ2v) is 10.7. The summed E-state index contributed by atoms with van der Waals surface area (Å²) in [5.74, 6) is 0.724. The number of halogens is 4. The Bertz CT molecular complexity index is 843. The number of amides is 1. The maximum absolute atomic E-state index is 12.7. The molecule has 2 saturated heterocycles. The van der Waals surface area contributed by atoms with E-state index in [0.29, 0.717) is 32.6 Å². The first-order valence-electron chi connectivity index (χ1n) is 8.63. The van der Waals surface area contributed by atoms with E-state index in [-0.39, 0.29) is 39.3 Å². The van der Waals surface area contributed by atoms with Crippen molar-refractivity contribution in [2.45, 2.75) is 17.8 Å². The maximum Gasteiger partial charge on any atom is 0.417 e. The van der Waals surface area contributed by atoms with E-state index in [4.69, 9.17) is 11.6 Å². The van der Waals surface area contributed by atoms with Gasteiger partial charge in [-0.1, -0.05) is 11.6 Å². The Hall–Kier alpha value is -1.20. The van der Waals surface area contributed by atoms with Crippen LogP contribution in [-0.4, -0.2) is 72.9 Å². The quantitative estimate of drug-likeness (QED) is 0.691. The summed E-state index contributed by atoms with van der Waals surface area (Å²) in [5, 5.41) is -0.113. The number of piperazine rings is 1. The number of carbonyl (C=O) groups excluding carboxylic acids is 1. The molecule has 0 aromatic carbocycles. The number of hydrogen-bond acceptors (Lipinski definition) is 6. The lowest BCUT2D eigenvalue weighted by molar-refractivity contribution is -0.137. The van der Waals surface area contributed by atoms with Gasteiger partial charge >= 0.3 is 6.18 Å². The van der Waals surface area contributed by atoms with Crippen molar-refractivity contribution in [2.24, 2.45) is 0 Å². The molecule has 1 atom stereocenters. The van der Waals surface area contributed by atoms with Gasteiger partial charge in [-0.3, -0.25) is 4.79 Å². The topological polar surface area (TPSA) is 70.6 Å². The number of sulfone groups is 1. The van der Waals surface area contributed by atoms with E-state index in [9.17, 15) is 26.4 Å². The minimum Gasteiger partial charge on any atom is -0.352 e. The van der Waals surface area contributed by atoms with Crippen LogP contribution in [0.5, 0.6) is 0 Å². The number of alkyl halides is 3. The molecule has 0 saturated carbocycles. The molecule has 12 heteroatoms. The lowest BCUT2D eigenvalue weighted by Gasteiger charge is -2.36. The summed E-state index contributed by atoms with van der Waals surface area (Å²) >= 11 is 7.34. The van der Waals surface area contributed by atoms with Crippen molar-refractivity contribution in [3.63, 3.8) is 0 Å². The minimum absolute atomic E-state index is 0.0367. The van der Waals surface area contributed by atoms with Crippen LogP contribution in [0.25, 0.3) is 0 Å². The normalized spacial score (nSPS) is 22.5. The van der Waals surface area contributed by atoms with Gasteiger partial charge in [0.1, 0.15) is 5.82 Å². The van der Waals surface area contributed by atoms with Crippen LogP contribution in [0.3, 0.4) is 0 Å². The molecule has 0 aliphatic carbocycles. The Morgan fingerprint density at radius 1 is 1.29 bits per heavy atom. The van der Waals surface area contributed by atoms with Crippen molar-refractivity contribution in [1.29, 1.82) is 0 Å². The fraction of sp³-hybridized carbons (Fsp3) is 0.625. The van der Waals surface area contributed by atoms with Crippen LogP contribution in [0.1, 0.15) is 12.0 Å². The number of nitrogens with zero attached hydrogens (tertiary/aromatic N) is 3. The molecular formula is C16H19ClF3N3O3S2. The van der Waals surface area contributed by atoms with Crippen molar-refractivity contribution in [3.8, 4) is 0 Å². The third kappa shape index (κ3) is 5.24. The summed E-state index contributed by atoms with van der Waals surface area (Å²) < 4.78 is 61.1. The van der Waals surface area contributed by atoms with Crippen LogP contribution in [0, 0.1) is 0 Å². The lowest BCUT2D eigenvalue weighted by Crippen LogP contribution is -2.49. The lowest BCUT2D eigenvalue weighted by atomic mass is 10.2. The van der Waals surface area contributed by atoms with Crippen LogP contribution >= 0.6 is 23.4 Å². The first kappa shape index (κ1) is 21.5. The van der Waals surface area contributed by atoms with E-state index in [0.717, 1.165) is 12.3 Å². The molecule has 2 fully saturated rings. The van der Waals surface area contributed by atoms with E-state index >= 15 is 0 Å². The molecule has 28 heavy (non-hydrogen) atoms. The molecule has 0 bridgehead atoms. The molecule has 6 nitrogen and oxygen atoms in total. The number of anilines is 1.